The second-order valence-corrected chi connectivity index (χ2v) is 5.95. The van der Waals surface area contributed by atoms with Crippen LogP contribution in [-0.4, -0.2) is 9.36 Å². The Kier molecular flexibility index (Phi) is 3.48. The first kappa shape index (κ1) is 13.9. The van der Waals surface area contributed by atoms with Crippen molar-refractivity contribution in [1.29, 1.82) is 0 Å². The van der Waals surface area contributed by atoms with Gasteiger partial charge in [-0.25, -0.2) is 4.68 Å². The summed E-state index contributed by atoms with van der Waals surface area (Å²) in [4.78, 5) is 12.5. The van der Waals surface area contributed by atoms with Crippen LogP contribution >= 0.6 is 34.8 Å². The molecule has 20 heavy (non-hydrogen) atoms. The van der Waals surface area contributed by atoms with E-state index in [0.29, 0.717) is 38.6 Å². The lowest BCUT2D eigenvalue weighted by Gasteiger charge is -2.17. The average Bonchev–Trinajstić information content (AvgIpc) is 2.68. The molecular weight excluding hydrogens is 321 g/mol. The van der Waals surface area contributed by atoms with Gasteiger partial charge in [0.2, 0.25) is 0 Å². The normalized spacial score (nSPS) is 14.3. The number of aromatic nitrogens is 2. The van der Waals surface area contributed by atoms with E-state index in [9.17, 15) is 4.79 Å². The van der Waals surface area contributed by atoms with Gasteiger partial charge in [0, 0.05) is 18.7 Å². The Morgan fingerprint density at radius 2 is 1.65 bits per heavy atom. The van der Waals surface area contributed by atoms with Crippen LogP contribution in [0.2, 0.25) is 15.2 Å². The van der Waals surface area contributed by atoms with Crippen molar-refractivity contribution in [3.63, 3.8) is 0 Å². The van der Waals surface area contributed by atoms with Crippen LogP contribution in [0, 0.1) is 0 Å². The van der Waals surface area contributed by atoms with Gasteiger partial charge in [-0.15, -0.1) is 0 Å². The van der Waals surface area contributed by atoms with Crippen molar-refractivity contribution in [2.24, 2.45) is 0 Å². The van der Waals surface area contributed by atoms with Crippen molar-refractivity contribution >= 4 is 40.5 Å². The number of rotatable bonds is 1. The van der Waals surface area contributed by atoms with Crippen LogP contribution in [0.15, 0.2) is 16.9 Å². The summed E-state index contributed by atoms with van der Waals surface area (Å²) in [5.74, 6) is 0. The van der Waals surface area contributed by atoms with E-state index >= 15 is 0 Å². The maximum absolute atomic E-state index is 12.5. The molecule has 2 N–H and O–H groups in total. The Morgan fingerprint density at radius 3 is 2.30 bits per heavy atom. The van der Waals surface area contributed by atoms with Crippen molar-refractivity contribution in [1.82, 2.24) is 9.36 Å². The molecule has 0 amide bonds. The largest absolute Gasteiger partial charge is 0.398 e. The van der Waals surface area contributed by atoms with Crippen LogP contribution < -0.4 is 11.3 Å². The second-order valence-electron chi connectivity index (χ2n) is 4.78. The SMILES string of the molecule is Nc1cc(-c2c(Cl)n3n(c2=O)CCCC3)c(Cl)cc1Cl. The van der Waals surface area contributed by atoms with Crippen LogP contribution in [0.5, 0.6) is 0 Å². The molecule has 0 saturated carbocycles. The fourth-order valence-corrected chi connectivity index (χ4v) is 3.35. The topological polar surface area (TPSA) is 52.9 Å². The zero-order chi connectivity index (χ0) is 14.4. The number of fused-ring (bicyclic) bond motifs is 1. The van der Waals surface area contributed by atoms with Crippen molar-refractivity contribution in [2.75, 3.05) is 5.73 Å². The van der Waals surface area contributed by atoms with E-state index in [-0.39, 0.29) is 5.56 Å². The fourth-order valence-electron chi connectivity index (χ4n) is 2.51. The van der Waals surface area contributed by atoms with E-state index in [4.69, 9.17) is 40.5 Å². The Morgan fingerprint density at radius 1 is 1.00 bits per heavy atom. The van der Waals surface area contributed by atoms with Crippen molar-refractivity contribution in [3.05, 3.63) is 37.7 Å². The highest BCUT2D eigenvalue weighted by atomic mass is 35.5. The molecule has 3 rings (SSSR count). The molecule has 0 radical (unpaired) electrons. The third kappa shape index (κ3) is 2.03. The first-order valence-corrected chi connectivity index (χ1v) is 7.38. The number of halogens is 3. The molecule has 2 aromatic rings. The van der Waals surface area contributed by atoms with Crippen molar-refractivity contribution < 1.29 is 0 Å². The molecule has 0 saturated heterocycles. The van der Waals surface area contributed by atoms with E-state index in [1.807, 2.05) is 0 Å². The Bertz CT molecular complexity index is 748. The first-order chi connectivity index (χ1) is 9.50. The van der Waals surface area contributed by atoms with Gasteiger partial charge < -0.3 is 5.73 Å². The molecule has 1 aliphatic rings. The van der Waals surface area contributed by atoms with E-state index in [2.05, 4.69) is 0 Å². The predicted molar refractivity (Wildman–Crippen MR) is 82.8 cm³/mol. The van der Waals surface area contributed by atoms with Gasteiger partial charge in [0.05, 0.1) is 21.3 Å². The molecule has 1 aromatic carbocycles. The van der Waals surface area contributed by atoms with Gasteiger partial charge in [0.25, 0.3) is 5.56 Å². The van der Waals surface area contributed by atoms with Crippen LogP contribution in [0.1, 0.15) is 12.8 Å². The standard InChI is InChI=1S/C13H12Cl3N3O/c14-8-6-9(15)10(17)5-7(8)11-12(16)18-3-1-2-4-19(18)13(11)20/h5-6H,1-4,17H2. The summed E-state index contributed by atoms with van der Waals surface area (Å²) in [7, 11) is 0. The highest BCUT2D eigenvalue weighted by Crippen LogP contribution is 2.36. The summed E-state index contributed by atoms with van der Waals surface area (Å²) in [6.45, 7) is 1.40. The molecule has 0 spiro atoms. The minimum Gasteiger partial charge on any atom is -0.398 e. The molecule has 0 atom stereocenters. The third-order valence-corrected chi connectivity index (χ3v) is 4.54. The molecule has 0 aliphatic carbocycles. The molecule has 2 heterocycles. The first-order valence-electron chi connectivity index (χ1n) is 6.24. The molecule has 4 nitrogen and oxygen atoms in total. The van der Waals surface area contributed by atoms with Crippen LogP contribution in [0.4, 0.5) is 5.69 Å². The maximum Gasteiger partial charge on any atom is 0.276 e. The monoisotopic (exact) mass is 331 g/mol. The molecule has 0 unspecified atom stereocenters. The quantitative estimate of drug-likeness (QED) is 0.810. The molecule has 1 aromatic heterocycles. The van der Waals surface area contributed by atoms with Gasteiger partial charge >= 0.3 is 0 Å². The molecule has 106 valence electrons. The third-order valence-electron chi connectivity index (χ3n) is 3.52. The highest BCUT2D eigenvalue weighted by Gasteiger charge is 2.23. The molecule has 0 fully saturated rings. The average molecular weight is 333 g/mol. The van der Waals surface area contributed by atoms with Crippen LogP contribution in [-0.2, 0) is 13.1 Å². The zero-order valence-corrected chi connectivity index (χ0v) is 12.8. The Hall–Kier alpha value is -1.10. The fraction of sp³-hybridized carbons (Fsp3) is 0.308. The number of nitrogen functional groups attached to an aromatic ring is 1. The van der Waals surface area contributed by atoms with Gasteiger partial charge in [0.15, 0.2) is 0 Å². The van der Waals surface area contributed by atoms with Gasteiger partial charge in [-0.1, -0.05) is 34.8 Å². The summed E-state index contributed by atoms with van der Waals surface area (Å²) >= 11 is 18.5. The molecular formula is C13H12Cl3N3O. The minimum absolute atomic E-state index is 0.140. The van der Waals surface area contributed by atoms with Gasteiger partial charge in [0.1, 0.15) is 5.15 Å². The number of nitrogens with zero attached hydrogens (tertiary/aromatic N) is 2. The number of anilines is 1. The lowest BCUT2D eigenvalue weighted by Crippen LogP contribution is -2.27. The highest BCUT2D eigenvalue weighted by molar-refractivity contribution is 6.39. The maximum atomic E-state index is 12.5. The number of benzene rings is 1. The molecule has 7 heteroatoms. The number of nitrogens with two attached hydrogens (primary N) is 1. The Balaban J connectivity index is 2.28. The van der Waals surface area contributed by atoms with E-state index in [1.54, 1.807) is 15.4 Å². The predicted octanol–water partition coefficient (Wildman–Crippen LogP) is 3.65. The summed E-state index contributed by atoms with van der Waals surface area (Å²) in [5, 5.41) is 1.13. The lowest BCUT2D eigenvalue weighted by atomic mass is 10.1. The Labute approximate surface area is 130 Å². The second kappa shape index (κ2) is 5.02. The minimum atomic E-state index is -0.140. The van der Waals surface area contributed by atoms with E-state index in [0.717, 1.165) is 19.4 Å². The zero-order valence-electron chi connectivity index (χ0n) is 10.5. The van der Waals surface area contributed by atoms with Crippen molar-refractivity contribution in [2.45, 2.75) is 25.9 Å². The summed E-state index contributed by atoms with van der Waals surface area (Å²) in [6.07, 6.45) is 1.97. The van der Waals surface area contributed by atoms with Crippen LogP contribution in [0.3, 0.4) is 0 Å². The summed E-state index contributed by atoms with van der Waals surface area (Å²) < 4.78 is 3.45. The van der Waals surface area contributed by atoms with Gasteiger partial charge in [-0.3, -0.25) is 9.48 Å². The van der Waals surface area contributed by atoms with E-state index < -0.39 is 0 Å². The van der Waals surface area contributed by atoms with Gasteiger partial charge in [-0.2, -0.15) is 0 Å². The van der Waals surface area contributed by atoms with Gasteiger partial charge in [-0.05, 0) is 25.0 Å². The smallest absolute Gasteiger partial charge is 0.276 e. The number of hydrogen-bond acceptors (Lipinski definition) is 2. The molecule has 1 aliphatic heterocycles. The summed E-state index contributed by atoms with van der Waals surface area (Å²) in [6, 6.07) is 3.13. The summed E-state index contributed by atoms with van der Waals surface area (Å²) in [5.41, 5.74) is 6.95. The lowest BCUT2D eigenvalue weighted by molar-refractivity contribution is 0.356. The molecule has 0 bridgehead atoms. The van der Waals surface area contributed by atoms with Crippen LogP contribution in [0.25, 0.3) is 11.1 Å². The number of hydrogen-bond donors (Lipinski definition) is 1. The van der Waals surface area contributed by atoms with Crippen molar-refractivity contribution in [3.8, 4) is 11.1 Å². The van der Waals surface area contributed by atoms with E-state index in [1.165, 1.54) is 6.07 Å².